The summed E-state index contributed by atoms with van der Waals surface area (Å²) < 4.78 is 81.0. The molecule has 1 heterocycles. The second-order valence-electron chi connectivity index (χ2n) is 8.95. The summed E-state index contributed by atoms with van der Waals surface area (Å²) in [6, 6.07) is 1.39. The van der Waals surface area contributed by atoms with Gasteiger partial charge in [0.1, 0.15) is 0 Å². The third-order valence-corrected chi connectivity index (χ3v) is 9.12. The van der Waals surface area contributed by atoms with Crippen LogP contribution in [-0.2, 0) is 16.2 Å². The molecule has 2 fully saturated rings. The number of alkyl halides is 3. The topological polar surface area (TPSA) is 69.7 Å². The summed E-state index contributed by atoms with van der Waals surface area (Å²) in [4.78, 5) is 14.9. The number of piperazine rings is 1. The average Bonchev–Trinajstić information content (AvgIpc) is 2.79. The zero-order valence-corrected chi connectivity index (χ0v) is 21.9. The lowest BCUT2D eigenvalue weighted by molar-refractivity contribution is -0.138. The summed E-state index contributed by atoms with van der Waals surface area (Å²) >= 11 is 5.67. The number of nitrogens with one attached hydrogen (secondary N) is 1. The summed E-state index contributed by atoms with van der Waals surface area (Å²) in [5.74, 6) is -2.48. The van der Waals surface area contributed by atoms with Gasteiger partial charge in [0, 0.05) is 38.3 Å². The zero-order valence-electron chi connectivity index (χ0n) is 19.5. The second-order valence-corrected chi connectivity index (χ2v) is 11.4. The van der Waals surface area contributed by atoms with Gasteiger partial charge in [0.15, 0.2) is 5.82 Å². The van der Waals surface area contributed by atoms with E-state index in [1.54, 1.807) is 6.92 Å². The van der Waals surface area contributed by atoms with Crippen LogP contribution in [0.5, 0.6) is 0 Å². The maximum Gasteiger partial charge on any atom is 0.417 e. The van der Waals surface area contributed by atoms with Crippen LogP contribution in [-0.4, -0.2) is 67.5 Å². The van der Waals surface area contributed by atoms with Gasteiger partial charge in [0.25, 0.3) is 5.91 Å². The molecule has 13 heteroatoms. The molecule has 35 heavy (non-hydrogen) atoms. The van der Waals surface area contributed by atoms with Gasteiger partial charge in [-0.05, 0) is 31.4 Å². The van der Waals surface area contributed by atoms with Gasteiger partial charge in [-0.2, -0.15) is 17.5 Å². The first-order chi connectivity index (χ1) is 15.9. The lowest BCUT2D eigenvalue weighted by atomic mass is 9.79. The Bertz CT molecular complexity index is 994. The molecule has 0 radical (unpaired) electrons. The Kier molecular flexibility index (Phi) is 10.3. The number of amides is 1. The van der Waals surface area contributed by atoms with Crippen LogP contribution in [0.4, 0.5) is 17.6 Å². The van der Waals surface area contributed by atoms with E-state index in [0.29, 0.717) is 51.5 Å². The van der Waals surface area contributed by atoms with Crippen molar-refractivity contribution in [2.45, 2.75) is 57.2 Å². The molecule has 0 atom stereocenters. The quantitative estimate of drug-likeness (QED) is 0.488. The predicted octanol–water partition coefficient (Wildman–Crippen LogP) is 4.71. The molecule has 1 amide bonds. The third-order valence-electron chi connectivity index (χ3n) is 6.75. The molecule has 2 aliphatic rings. The van der Waals surface area contributed by atoms with E-state index in [0.717, 1.165) is 25.3 Å². The van der Waals surface area contributed by atoms with Crippen molar-refractivity contribution in [2.24, 2.45) is 0 Å². The predicted molar refractivity (Wildman–Crippen MR) is 129 cm³/mol. The number of halogens is 6. The summed E-state index contributed by atoms with van der Waals surface area (Å²) in [7, 11) is -3.32. The van der Waals surface area contributed by atoms with Crippen LogP contribution < -0.4 is 5.32 Å². The lowest BCUT2D eigenvalue weighted by Crippen LogP contribution is -2.62. The number of carbonyl (C=O) groups excluding carboxylic acids is 1. The number of nitrogens with zero attached hydrogens (tertiary/aromatic N) is 2. The smallest absolute Gasteiger partial charge is 0.350 e. The van der Waals surface area contributed by atoms with Gasteiger partial charge in [0.2, 0.25) is 10.0 Å². The Labute approximate surface area is 214 Å². The number of benzene rings is 1. The molecule has 1 saturated heterocycles. The molecule has 0 unspecified atom stereocenters. The average molecular weight is 564 g/mol. The van der Waals surface area contributed by atoms with Gasteiger partial charge in [-0.3, -0.25) is 9.69 Å². The minimum Gasteiger partial charge on any atom is -0.350 e. The van der Waals surface area contributed by atoms with E-state index >= 15 is 0 Å². The van der Waals surface area contributed by atoms with Crippen molar-refractivity contribution in [3.8, 4) is 0 Å². The van der Waals surface area contributed by atoms with Gasteiger partial charge in [0.05, 0.1) is 21.9 Å². The Balaban J connectivity index is 0.00000432. The van der Waals surface area contributed by atoms with Crippen LogP contribution >= 0.6 is 24.0 Å². The van der Waals surface area contributed by atoms with Crippen molar-refractivity contribution in [3.63, 3.8) is 0 Å². The minimum atomic E-state index is -4.92. The first-order valence-corrected chi connectivity index (χ1v) is 13.5. The molecule has 1 saturated carbocycles. The molecule has 1 aliphatic heterocycles. The Morgan fingerprint density at radius 1 is 1.11 bits per heavy atom. The van der Waals surface area contributed by atoms with Crippen LogP contribution in [0.2, 0.25) is 5.02 Å². The molecule has 1 aliphatic carbocycles. The Hall–Kier alpha value is -1.14. The maximum absolute atomic E-state index is 14.5. The summed E-state index contributed by atoms with van der Waals surface area (Å²) in [5.41, 5.74) is -3.01. The van der Waals surface area contributed by atoms with Crippen molar-refractivity contribution < 1.29 is 30.8 Å². The van der Waals surface area contributed by atoms with Crippen LogP contribution in [0.15, 0.2) is 12.1 Å². The normalized spacial score (nSPS) is 19.7. The molecule has 0 aromatic heterocycles. The minimum absolute atomic E-state index is 0. The number of hydrogen-bond donors (Lipinski definition) is 1. The fraction of sp³-hybridized carbons (Fsp3) is 0.682. The monoisotopic (exact) mass is 563 g/mol. The van der Waals surface area contributed by atoms with Gasteiger partial charge in [-0.25, -0.2) is 12.8 Å². The van der Waals surface area contributed by atoms with Crippen molar-refractivity contribution in [2.75, 3.05) is 38.5 Å². The van der Waals surface area contributed by atoms with Crippen LogP contribution in [0.3, 0.4) is 0 Å². The highest BCUT2D eigenvalue weighted by molar-refractivity contribution is 7.89. The van der Waals surface area contributed by atoms with E-state index in [2.05, 4.69) is 10.2 Å². The van der Waals surface area contributed by atoms with Crippen LogP contribution in [0.25, 0.3) is 0 Å². The second kappa shape index (κ2) is 11.9. The molecule has 6 nitrogen and oxygen atoms in total. The molecule has 0 bridgehead atoms. The maximum atomic E-state index is 14.5. The molecule has 3 rings (SSSR count). The molecule has 1 aromatic rings. The number of carbonyl (C=O) groups is 1. The van der Waals surface area contributed by atoms with Crippen LogP contribution in [0.1, 0.15) is 61.4 Å². The SMILES string of the molecule is CCCS(=O)(=O)N1CCN(C2(CNC(=O)c3c(C(F)(F)F)ccc(Cl)c3F)CCCCC2)CC1.Cl. The molecule has 0 spiro atoms. The Morgan fingerprint density at radius 3 is 2.26 bits per heavy atom. The van der Waals surface area contributed by atoms with Gasteiger partial charge in [-0.15, -0.1) is 12.4 Å². The van der Waals surface area contributed by atoms with E-state index in [1.165, 1.54) is 4.31 Å². The van der Waals surface area contributed by atoms with E-state index in [-0.39, 0.29) is 24.7 Å². The fourth-order valence-electron chi connectivity index (χ4n) is 4.98. The van der Waals surface area contributed by atoms with Crippen LogP contribution in [0, 0.1) is 5.82 Å². The van der Waals surface area contributed by atoms with E-state index in [1.807, 2.05) is 0 Å². The van der Waals surface area contributed by atoms with E-state index in [4.69, 9.17) is 11.6 Å². The van der Waals surface area contributed by atoms with E-state index in [9.17, 15) is 30.8 Å². The van der Waals surface area contributed by atoms with Gasteiger partial charge in [-0.1, -0.05) is 37.8 Å². The van der Waals surface area contributed by atoms with Gasteiger partial charge < -0.3 is 5.32 Å². The third kappa shape index (κ3) is 6.80. The van der Waals surface area contributed by atoms with Crippen molar-refractivity contribution >= 4 is 39.9 Å². The summed E-state index contributed by atoms with van der Waals surface area (Å²) in [6.45, 7) is 3.39. The van der Waals surface area contributed by atoms with Crippen molar-refractivity contribution in [1.82, 2.24) is 14.5 Å². The fourth-order valence-corrected chi connectivity index (χ4v) is 6.64. The lowest BCUT2D eigenvalue weighted by Gasteiger charge is -2.49. The summed E-state index contributed by atoms with van der Waals surface area (Å²) in [6.07, 6.45) is -0.216. The first kappa shape index (κ1) is 30.1. The zero-order chi connectivity index (χ0) is 25.1. The standard InChI is InChI=1S/C22H30ClF4N3O3S.ClH/c1-2-14-34(32,33)30-12-10-29(11-13-30)21(8-4-3-5-9-21)15-28-20(31)18-16(22(25,26)27)6-7-17(23)19(18)24;/h6-7H,2-5,8-15H2,1H3,(H,28,31);1H. The highest BCUT2D eigenvalue weighted by Crippen LogP contribution is 2.37. The highest BCUT2D eigenvalue weighted by atomic mass is 35.5. The molecular weight excluding hydrogens is 533 g/mol. The molecule has 1 aromatic carbocycles. The number of sulfonamides is 1. The molecule has 1 N–H and O–H groups in total. The van der Waals surface area contributed by atoms with E-state index < -0.39 is 49.6 Å². The largest absolute Gasteiger partial charge is 0.417 e. The molecular formula is C22H31Cl2F4N3O3S. The number of hydrogen-bond acceptors (Lipinski definition) is 4. The van der Waals surface area contributed by atoms with Gasteiger partial charge >= 0.3 is 6.18 Å². The Morgan fingerprint density at radius 2 is 1.71 bits per heavy atom. The molecule has 200 valence electrons. The summed E-state index contributed by atoms with van der Waals surface area (Å²) in [5, 5.41) is 1.98. The highest BCUT2D eigenvalue weighted by Gasteiger charge is 2.42. The van der Waals surface area contributed by atoms with Crippen molar-refractivity contribution in [1.29, 1.82) is 0 Å². The van der Waals surface area contributed by atoms with Crippen molar-refractivity contribution in [3.05, 3.63) is 34.1 Å². The number of rotatable bonds is 7. The first-order valence-electron chi connectivity index (χ1n) is 11.5.